The first kappa shape index (κ1) is 10.3. The highest BCUT2D eigenvalue weighted by Gasteiger charge is 2.30. The molecule has 2 N–H and O–H groups in total. The molecule has 0 bridgehead atoms. The Kier molecular flexibility index (Phi) is 2.53. The van der Waals surface area contributed by atoms with Crippen molar-refractivity contribution in [3.05, 3.63) is 59.8 Å². The summed E-state index contributed by atoms with van der Waals surface area (Å²) < 4.78 is 0. The van der Waals surface area contributed by atoms with Gasteiger partial charge in [0, 0.05) is 12.6 Å². The Bertz CT molecular complexity index is 513. The number of rotatable bonds is 2. The predicted molar refractivity (Wildman–Crippen MR) is 66.8 cm³/mol. The SMILES string of the molecule is O[C@@H]1Cc2ccccc2[C@@H]1Nc1ccccn1. The predicted octanol–water partition coefficient (Wildman–Crippen LogP) is 2.15. The maximum Gasteiger partial charge on any atom is 0.126 e. The summed E-state index contributed by atoms with van der Waals surface area (Å²) in [5, 5.41) is 13.4. The molecule has 86 valence electrons. The lowest BCUT2D eigenvalue weighted by Crippen LogP contribution is -2.21. The van der Waals surface area contributed by atoms with Crippen molar-refractivity contribution in [3.63, 3.8) is 0 Å². The standard InChI is InChI=1S/C14H14N2O/c17-12-9-10-5-1-2-6-11(10)14(12)16-13-7-3-4-8-15-13/h1-8,12,14,17H,9H2,(H,15,16)/t12-,14+/m1/s1. The van der Waals surface area contributed by atoms with Gasteiger partial charge in [-0.2, -0.15) is 0 Å². The first-order valence-corrected chi connectivity index (χ1v) is 5.78. The van der Waals surface area contributed by atoms with E-state index in [0.717, 1.165) is 5.82 Å². The monoisotopic (exact) mass is 226 g/mol. The molecule has 3 nitrogen and oxygen atoms in total. The van der Waals surface area contributed by atoms with Crippen LogP contribution in [0.3, 0.4) is 0 Å². The Balaban J connectivity index is 1.89. The average molecular weight is 226 g/mol. The van der Waals surface area contributed by atoms with E-state index >= 15 is 0 Å². The molecule has 0 saturated heterocycles. The molecule has 0 unspecified atom stereocenters. The molecule has 17 heavy (non-hydrogen) atoms. The van der Waals surface area contributed by atoms with E-state index in [-0.39, 0.29) is 12.1 Å². The summed E-state index contributed by atoms with van der Waals surface area (Å²) in [5.74, 6) is 0.799. The molecule has 0 aliphatic heterocycles. The van der Waals surface area contributed by atoms with Gasteiger partial charge in [-0.1, -0.05) is 30.3 Å². The molecule has 1 aliphatic carbocycles. The van der Waals surface area contributed by atoms with Gasteiger partial charge in [0.1, 0.15) is 5.82 Å². The van der Waals surface area contributed by atoms with Gasteiger partial charge in [-0.3, -0.25) is 0 Å². The van der Waals surface area contributed by atoms with Crippen LogP contribution in [-0.2, 0) is 6.42 Å². The van der Waals surface area contributed by atoms with Crippen molar-refractivity contribution < 1.29 is 5.11 Å². The van der Waals surface area contributed by atoms with Crippen LogP contribution in [0.15, 0.2) is 48.7 Å². The average Bonchev–Trinajstić information content (AvgIpc) is 2.68. The number of fused-ring (bicyclic) bond motifs is 1. The van der Waals surface area contributed by atoms with Crippen molar-refractivity contribution in [2.75, 3.05) is 5.32 Å². The second-order valence-corrected chi connectivity index (χ2v) is 4.31. The fourth-order valence-electron chi connectivity index (χ4n) is 2.36. The van der Waals surface area contributed by atoms with Gasteiger partial charge in [-0.15, -0.1) is 0 Å². The zero-order valence-corrected chi connectivity index (χ0v) is 9.38. The molecule has 0 radical (unpaired) electrons. The molecule has 1 aromatic heterocycles. The van der Waals surface area contributed by atoms with Crippen LogP contribution in [0.2, 0.25) is 0 Å². The molecular formula is C14H14N2O. The molecule has 3 heteroatoms. The lowest BCUT2D eigenvalue weighted by atomic mass is 10.1. The number of nitrogens with zero attached hydrogens (tertiary/aromatic N) is 1. The summed E-state index contributed by atoms with van der Waals surface area (Å²) in [6.07, 6.45) is 2.07. The molecule has 1 heterocycles. The highest BCUT2D eigenvalue weighted by molar-refractivity contribution is 5.44. The quantitative estimate of drug-likeness (QED) is 0.824. The molecule has 0 amide bonds. The molecular weight excluding hydrogens is 212 g/mol. The molecule has 1 aliphatic rings. The Labute approximate surface area is 100 Å². The van der Waals surface area contributed by atoms with Crippen molar-refractivity contribution in [1.29, 1.82) is 0 Å². The highest BCUT2D eigenvalue weighted by Crippen LogP contribution is 2.33. The number of hydrogen-bond donors (Lipinski definition) is 2. The Morgan fingerprint density at radius 1 is 1.12 bits per heavy atom. The third-order valence-corrected chi connectivity index (χ3v) is 3.17. The van der Waals surface area contributed by atoms with Gasteiger partial charge in [-0.05, 0) is 23.3 Å². The molecule has 1 aromatic carbocycles. The summed E-state index contributed by atoms with van der Waals surface area (Å²) in [5.41, 5.74) is 2.39. The second-order valence-electron chi connectivity index (χ2n) is 4.31. The number of aliphatic hydroxyl groups is 1. The van der Waals surface area contributed by atoms with E-state index in [1.807, 2.05) is 30.3 Å². The fraction of sp³-hybridized carbons (Fsp3) is 0.214. The summed E-state index contributed by atoms with van der Waals surface area (Å²) in [7, 11) is 0. The summed E-state index contributed by atoms with van der Waals surface area (Å²) in [4.78, 5) is 4.23. The van der Waals surface area contributed by atoms with E-state index in [1.54, 1.807) is 6.20 Å². The smallest absolute Gasteiger partial charge is 0.126 e. The van der Waals surface area contributed by atoms with Crippen molar-refractivity contribution in [3.8, 4) is 0 Å². The number of aromatic nitrogens is 1. The highest BCUT2D eigenvalue weighted by atomic mass is 16.3. The minimum atomic E-state index is -0.380. The number of benzene rings is 1. The van der Waals surface area contributed by atoms with Gasteiger partial charge in [0.05, 0.1) is 12.1 Å². The Hall–Kier alpha value is -1.87. The van der Waals surface area contributed by atoms with Crippen molar-refractivity contribution >= 4 is 5.82 Å². The fourth-order valence-corrected chi connectivity index (χ4v) is 2.36. The normalized spacial score (nSPS) is 22.2. The van der Waals surface area contributed by atoms with Gasteiger partial charge < -0.3 is 10.4 Å². The van der Waals surface area contributed by atoms with Crippen LogP contribution in [0.5, 0.6) is 0 Å². The lowest BCUT2D eigenvalue weighted by Gasteiger charge is -2.18. The van der Waals surface area contributed by atoms with Gasteiger partial charge in [0.2, 0.25) is 0 Å². The minimum Gasteiger partial charge on any atom is -0.390 e. The van der Waals surface area contributed by atoms with Crippen LogP contribution in [0.4, 0.5) is 5.82 Å². The van der Waals surface area contributed by atoms with Crippen LogP contribution in [0, 0.1) is 0 Å². The Morgan fingerprint density at radius 3 is 2.76 bits per heavy atom. The molecule has 3 rings (SSSR count). The maximum absolute atomic E-state index is 10.1. The van der Waals surface area contributed by atoms with Crippen LogP contribution in [-0.4, -0.2) is 16.2 Å². The third kappa shape index (κ3) is 1.89. The number of nitrogens with one attached hydrogen (secondary N) is 1. The number of aliphatic hydroxyl groups excluding tert-OH is 1. The van der Waals surface area contributed by atoms with Crippen molar-refractivity contribution in [1.82, 2.24) is 4.98 Å². The summed E-state index contributed by atoms with van der Waals surface area (Å²) in [6, 6.07) is 13.8. The summed E-state index contributed by atoms with van der Waals surface area (Å²) >= 11 is 0. The molecule has 2 atom stereocenters. The summed E-state index contributed by atoms with van der Waals surface area (Å²) in [6.45, 7) is 0. The van der Waals surface area contributed by atoms with Crippen LogP contribution >= 0.6 is 0 Å². The van der Waals surface area contributed by atoms with Crippen LogP contribution in [0.25, 0.3) is 0 Å². The largest absolute Gasteiger partial charge is 0.390 e. The van der Waals surface area contributed by atoms with Gasteiger partial charge in [0.15, 0.2) is 0 Å². The van der Waals surface area contributed by atoms with Crippen LogP contribution < -0.4 is 5.32 Å². The topological polar surface area (TPSA) is 45.1 Å². The van der Waals surface area contributed by atoms with Gasteiger partial charge in [-0.25, -0.2) is 4.98 Å². The maximum atomic E-state index is 10.1. The zero-order chi connectivity index (χ0) is 11.7. The van der Waals surface area contributed by atoms with Gasteiger partial charge in [0.25, 0.3) is 0 Å². The van der Waals surface area contributed by atoms with E-state index in [1.165, 1.54) is 11.1 Å². The van der Waals surface area contributed by atoms with Crippen molar-refractivity contribution in [2.24, 2.45) is 0 Å². The molecule has 2 aromatic rings. The second kappa shape index (κ2) is 4.18. The van der Waals surface area contributed by atoms with E-state index in [9.17, 15) is 5.11 Å². The van der Waals surface area contributed by atoms with Gasteiger partial charge >= 0.3 is 0 Å². The molecule has 0 fully saturated rings. The minimum absolute atomic E-state index is 0.0545. The van der Waals surface area contributed by atoms with E-state index in [0.29, 0.717) is 6.42 Å². The van der Waals surface area contributed by atoms with E-state index in [2.05, 4.69) is 22.4 Å². The zero-order valence-electron chi connectivity index (χ0n) is 9.38. The number of pyridine rings is 1. The first-order valence-electron chi connectivity index (χ1n) is 5.78. The number of hydrogen-bond acceptors (Lipinski definition) is 3. The van der Waals surface area contributed by atoms with E-state index < -0.39 is 0 Å². The lowest BCUT2D eigenvalue weighted by molar-refractivity contribution is 0.165. The first-order chi connectivity index (χ1) is 8.34. The van der Waals surface area contributed by atoms with E-state index in [4.69, 9.17) is 0 Å². The van der Waals surface area contributed by atoms with Crippen LogP contribution in [0.1, 0.15) is 17.2 Å². The third-order valence-electron chi connectivity index (χ3n) is 3.17. The van der Waals surface area contributed by atoms with Crippen molar-refractivity contribution in [2.45, 2.75) is 18.6 Å². The molecule has 0 saturated carbocycles. The molecule has 0 spiro atoms. The Morgan fingerprint density at radius 2 is 1.94 bits per heavy atom. The number of anilines is 1.